The standard InChI is InChI=1S/C17H15ClN2O4/c1-3-8-22-17(21)11(2)23-13-4-6-14(7-5-13)24-16-15(19)9-12(18)10-20-16/h4-7,9-11H,19H2,1-2H3. The average molecular weight is 347 g/mol. The summed E-state index contributed by atoms with van der Waals surface area (Å²) in [6.07, 6.45) is 2.89. The second-order valence-electron chi connectivity index (χ2n) is 4.65. The lowest BCUT2D eigenvalue weighted by molar-refractivity contribution is -0.143. The van der Waals surface area contributed by atoms with Crippen molar-refractivity contribution in [3.05, 3.63) is 41.6 Å². The highest BCUT2D eigenvalue weighted by Crippen LogP contribution is 2.28. The van der Waals surface area contributed by atoms with Gasteiger partial charge in [-0.1, -0.05) is 17.5 Å². The van der Waals surface area contributed by atoms with E-state index in [0.717, 1.165) is 0 Å². The van der Waals surface area contributed by atoms with E-state index in [1.54, 1.807) is 44.2 Å². The van der Waals surface area contributed by atoms with Gasteiger partial charge in [0.15, 0.2) is 6.10 Å². The maximum absolute atomic E-state index is 11.6. The molecule has 6 nitrogen and oxygen atoms in total. The summed E-state index contributed by atoms with van der Waals surface area (Å²) in [5.74, 6) is 3.14. The molecule has 7 heteroatoms. The Labute approximate surface area is 144 Å². The van der Waals surface area contributed by atoms with Crippen molar-refractivity contribution in [1.82, 2.24) is 4.98 Å². The number of ether oxygens (including phenoxy) is 3. The minimum atomic E-state index is -0.786. The number of hydrogen-bond donors (Lipinski definition) is 1. The van der Waals surface area contributed by atoms with Gasteiger partial charge in [0.2, 0.25) is 5.88 Å². The number of pyridine rings is 1. The molecule has 0 aliphatic heterocycles. The van der Waals surface area contributed by atoms with Gasteiger partial charge >= 0.3 is 5.97 Å². The average Bonchev–Trinajstić information content (AvgIpc) is 2.56. The summed E-state index contributed by atoms with van der Waals surface area (Å²) in [6.45, 7) is 3.14. The molecule has 1 unspecified atom stereocenters. The van der Waals surface area contributed by atoms with E-state index < -0.39 is 12.1 Å². The van der Waals surface area contributed by atoms with Crippen molar-refractivity contribution in [2.24, 2.45) is 0 Å². The van der Waals surface area contributed by atoms with Gasteiger partial charge in [-0.05, 0) is 37.3 Å². The van der Waals surface area contributed by atoms with Crippen molar-refractivity contribution in [1.29, 1.82) is 0 Å². The van der Waals surface area contributed by atoms with Gasteiger partial charge in [-0.3, -0.25) is 0 Å². The number of aromatic nitrogens is 1. The third-order valence-electron chi connectivity index (χ3n) is 2.78. The predicted molar refractivity (Wildman–Crippen MR) is 89.8 cm³/mol. The summed E-state index contributed by atoms with van der Waals surface area (Å²) < 4.78 is 15.7. The van der Waals surface area contributed by atoms with Gasteiger partial charge in [-0.25, -0.2) is 9.78 Å². The number of esters is 1. The highest BCUT2D eigenvalue weighted by molar-refractivity contribution is 6.30. The van der Waals surface area contributed by atoms with Crippen LogP contribution in [0.15, 0.2) is 36.5 Å². The monoisotopic (exact) mass is 346 g/mol. The second kappa shape index (κ2) is 8.09. The Morgan fingerprint density at radius 1 is 1.29 bits per heavy atom. The fourth-order valence-corrected chi connectivity index (χ4v) is 1.83. The Hall–Kier alpha value is -2.91. The van der Waals surface area contributed by atoms with Crippen LogP contribution in [-0.2, 0) is 9.53 Å². The van der Waals surface area contributed by atoms with Crippen LogP contribution < -0.4 is 15.2 Å². The summed E-state index contributed by atoms with van der Waals surface area (Å²) in [7, 11) is 0. The number of hydrogen-bond acceptors (Lipinski definition) is 6. The molecule has 0 radical (unpaired) electrons. The number of halogens is 1. The van der Waals surface area contributed by atoms with E-state index in [-0.39, 0.29) is 5.88 Å². The summed E-state index contributed by atoms with van der Waals surface area (Å²) >= 11 is 5.79. The summed E-state index contributed by atoms with van der Waals surface area (Å²) in [5.41, 5.74) is 6.11. The normalized spacial score (nSPS) is 11.0. The molecule has 124 valence electrons. The first-order valence-electron chi connectivity index (χ1n) is 6.97. The Morgan fingerprint density at radius 2 is 1.96 bits per heavy atom. The van der Waals surface area contributed by atoms with Crippen LogP contribution in [-0.4, -0.2) is 17.1 Å². The van der Waals surface area contributed by atoms with Crippen molar-refractivity contribution in [2.45, 2.75) is 20.0 Å². The molecular formula is C17H15ClN2O4. The van der Waals surface area contributed by atoms with E-state index >= 15 is 0 Å². The van der Waals surface area contributed by atoms with Gasteiger partial charge in [0, 0.05) is 13.1 Å². The predicted octanol–water partition coefficient (Wildman–Crippen LogP) is 3.40. The zero-order valence-electron chi connectivity index (χ0n) is 13.1. The van der Waals surface area contributed by atoms with Crippen LogP contribution >= 0.6 is 11.6 Å². The Kier molecular flexibility index (Phi) is 5.88. The van der Waals surface area contributed by atoms with Gasteiger partial charge < -0.3 is 19.9 Å². The molecule has 0 saturated heterocycles. The van der Waals surface area contributed by atoms with Crippen LogP contribution in [0.25, 0.3) is 0 Å². The van der Waals surface area contributed by atoms with Crippen LogP contribution in [0, 0.1) is 12.0 Å². The van der Waals surface area contributed by atoms with E-state index in [4.69, 9.17) is 26.8 Å². The molecule has 1 heterocycles. The molecule has 0 aliphatic carbocycles. The number of nitrogens with two attached hydrogens (primary N) is 1. The highest BCUT2D eigenvalue weighted by atomic mass is 35.5. The molecule has 2 N–H and O–H groups in total. The summed E-state index contributed by atoms with van der Waals surface area (Å²) in [5, 5.41) is 0.428. The number of rotatable bonds is 5. The number of anilines is 1. The van der Waals surface area contributed by atoms with Crippen LogP contribution in [0.5, 0.6) is 17.4 Å². The molecule has 1 aromatic heterocycles. The SMILES string of the molecule is CC#COC(=O)C(C)Oc1ccc(Oc2ncc(Cl)cc2N)cc1. The summed E-state index contributed by atoms with van der Waals surface area (Å²) in [6, 6.07) is 8.17. The molecule has 0 amide bonds. The Bertz CT molecular complexity index is 781. The summed E-state index contributed by atoms with van der Waals surface area (Å²) in [4.78, 5) is 15.6. The number of nitrogens with zero attached hydrogens (tertiary/aromatic N) is 1. The van der Waals surface area contributed by atoms with E-state index in [1.807, 2.05) is 0 Å². The van der Waals surface area contributed by atoms with Crippen molar-refractivity contribution in [2.75, 3.05) is 5.73 Å². The number of nitrogen functional groups attached to an aromatic ring is 1. The van der Waals surface area contributed by atoms with Gasteiger partial charge in [-0.2, -0.15) is 0 Å². The fraction of sp³-hybridized carbons (Fsp3) is 0.176. The van der Waals surface area contributed by atoms with Crippen LogP contribution in [0.1, 0.15) is 13.8 Å². The van der Waals surface area contributed by atoms with E-state index in [1.165, 1.54) is 6.20 Å². The van der Waals surface area contributed by atoms with Crippen molar-refractivity contribution < 1.29 is 19.0 Å². The van der Waals surface area contributed by atoms with E-state index in [9.17, 15) is 4.79 Å². The first-order valence-corrected chi connectivity index (χ1v) is 7.35. The zero-order chi connectivity index (χ0) is 17.5. The first-order chi connectivity index (χ1) is 11.5. The minimum absolute atomic E-state index is 0.253. The molecule has 0 spiro atoms. The molecule has 1 aromatic carbocycles. The molecule has 0 saturated carbocycles. The number of carbonyl (C=O) groups is 1. The molecule has 24 heavy (non-hydrogen) atoms. The molecule has 0 bridgehead atoms. The van der Waals surface area contributed by atoms with Gasteiger partial charge in [0.05, 0.1) is 10.7 Å². The van der Waals surface area contributed by atoms with Crippen LogP contribution in [0.2, 0.25) is 5.02 Å². The Balaban J connectivity index is 1.99. The maximum atomic E-state index is 11.6. The van der Waals surface area contributed by atoms with Crippen molar-refractivity contribution >= 4 is 23.3 Å². The van der Waals surface area contributed by atoms with Gasteiger partial charge in [0.1, 0.15) is 17.6 Å². The van der Waals surface area contributed by atoms with E-state index in [0.29, 0.717) is 22.2 Å². The largest absolute Gasteiger partial charge is 0.479 e. The second-order valence-corrected chi connectivity index (χ2v) is 5.09. The molecular weight excluding hydrogens is 332 g/mol. The minimum Gasteiger partial charge on any atom is -0.479 e. The third kappa shape index (κ3) is 4.80. The Morgan fingerprint density at radius 3 is 2.58 bits per heavy atom. The highest BCUT2D eigenvalue weighted by Gasteiger charge is 2.16. The van der Waals surface area contributed by atoms with Crippen LogP contribution in [0.4, 0.5) is 5.69 Å². The molecule has 2 rings (SSSR count). The van der Waals surface area contributed by atoms with Gasteiger partial charge in [0.25, 0.3) is 0 Å². The lowest BCUT2D eigenvalue weighted by Crippen LogP contribution is -2.24. The smallest absolute Gasteiger partial charge is 0.360 e. The topological polar surface area (TPSA) is 83.7 Å². The zero-order valence-corrected chi connectivity index (χ0v) is 13.8. The molecule has 2 aromatic rings. The molecule has 0 aliphatic rings. The maximum Gasteiger partial charge on any atom is 0.360 e. The van der Waals surface area contributed by atoms with Crippen LogP contribution in [0.3, 0.4) is 0 Å². The number of carbonyl (C=O) groups excluding carboxylic acids is 1. The molecule has 1 atom stereocenters. The van der Waals surface area contributed by atoms with E-state index in [2.05, 4.69) is 21.7 Å². The van der Waals surface area contributed by atoms with Crippen molar-refractivity contribution in [3.63, 3.8) is 0 Å². The van der Waals surface area contributed by atoms with Crippen molar-refractivity contribution in [3.8, 4) is 29.4 Å². The van der Waals surface area contributed by atoms with Gasteiger partial charge in [-0.15, -0.1) is 0 Å². The fourth-order valence-electron chi connectivity index (χ4n) is 1.66. The quantitative estimate of drug-likeness (QED) is 0.660. The molecule has 0 fully saturated rings. The third-order valence-corrected chi connectivity index (χ3v) is 2.99. The first kappa shape index (κ1) is 17.4. The lowest BCUT2D eigenvalue weighted by atomic mass is 10.3. The number of benzene rings is 1. The lowest BCUT2D eigenvalue weighted by Gasteiger charge is -2.12.